The molecule has 1 saturated heterocycles. The van der Waals surface area contributed by atoms with Gasteiger partial charge in [-0.1, -0.05) is 37.3 Å². The molecule has 0 bridgehead atoms. The van der Waals surface area contributed by atoms with Crippen LogP contribution >= 0.6 is 0 Å². The molecule has 94 valence electrons. The lowest BCUT2D eigenvalue weighted by molar-refractivity contribution is -0.305. The standard InChI is InChI=1S/C14H20O3/c1-2-14(12-6-4-3-5-7-12)16-11-9-13(17-14)8-10-15/h3-7,13,15H,2,8-11H2,1H3/t13-,14-/m1/s1. The largest absolute Gasteiger partial charge is 0.396 e. The highest BCUT2D eigenvalue weighted by Gasteiger charge is 2.38. The zero-order valence-electron chi connectivity index (χ0n) is 10.3. The highest BCUT2D eigenvalue weighted by Crippen LogP contribution is 2.36. The second kappa shape index (κ2) is 5.63. The monoisotopic (exact) mass is 236 g/mol. The van der Waals surface area contributed by atoms with Crippen molar-refractivity contribution in [2.45, 2.75) is 38.1 Å². The quantitative estimate of drug-likeness (QED) is 0.872. The van der Waals surface area contributed by atoms with Crippen molar-refractivity contribution in [2.24, 2.45) is 0 Å². The predicted octanol–water partition coefficient (Wildman–Crippen LogP) is 2.44. The lowest BCUT2D eigenvalue weighted by Gasteiger charge is -2.41. The molecule has 0 radical (unpaired) electrons. The molecule has 1 heterocycles. The van der Waals surface area contributed by atoms with Crippen molar-refractivity contribution < 1.29 is 14.6 Å². The summed E-state index contributed by atoms with van der Waals surface area (Å²) in [5.74, 6) is -0.626. The Kier molecular flexibility index (Phi) is 4.15. The molecule has 0 unspecified atom stereocenters. The van der Waals surface area contributed by atoms with E-state index in [0.717, 1.165) is 18.4 Å². The molecule has 1 aromatic rings. The molecule has 0 saturated carbocycles. The lowest BCUT2D eigenvalue weighted by Crippen LogP contribution is -2.42. The third kappa shape index (κ3) is 2.68. The Morgan fingerprint density at radius 3 is 2.76 bits per heavy atom. The van der Waals surface area contributed by atoms with E-state index in [2.05, 4.69) is 6.92 Å². The average molecular weight is 236 g/mol. The predicted molar refractivity (Wildman–Crippen MR) is 65.6 cm³/mol. The van der Waals surface area contributed by atoms with Crippen LogP contribution in [0.2, 0.25) is 0 Å². The van der Waals surface area contributed by atoms with E-state index in [1.165, 1.54) is 0 Å². The van der Waals surface area contributed by atoms with Gasteiger partial charge in [-0.3, -0.25) is 0 Å². The summed E-state index contributed by atoms with van der Waals surface area (Å²) in [6.07, 6.45) is 2.40. The maximum Gasteiger partial charge on any atom is 0.194 e. The van der Waals surface area contributed by atoms with Gasteiger partial charge in [-0.15, -0.1) is 0 Å². The third-order valence-electron chi connectivity index (χ3n) is 3.26. The van der Waals surface area contributed by atoms with Gasteiger partial charge in [0.2, 0.25) is 0 Å². The maximum atomic E-state index is 9.01. The van der Waals surface area contributed by atoms with Crippen molar-refractivity contribution in [1.82, 2.24) is 0 Å². The fraction of sp³-hybridized carbons (Fsp3) is 0.571. The van der Waals surface area contributed by atoms with E-state index in [-0.39, 0.29) is 12.7 Å². The van der Waals surface area contributed by atoms with Crippen LogP contribution in [0.25, 0.3) is 0 Å². The van der Waals surface area contributed by atoms with Gasteiger partial charge in [-0.2, -0.15) is 0 Å². The Bertz CT molecular complexity index is 337. The van der Waals surface area contributed by atoms with Gasteiger partial charge in [0.15, 0.2) is 5.79 Å². The van der Waals surface area contributed by atoms with Crippen molar-refractivity contribution in [3.8, 4) is 0 Å². The van der Waals surface area contributed by atoms with Crippen molar-refractivity contribution in [3.63, 3.8) is 0 Å². The first kappa shape index (κ1) is 12.6. The average Bonchev–Trinajstić information content (AvgIpc) is 2.40. The van der Waals surface area contributed by atoms with Crippen LogP contribution in [-0.2, 0) is 15.3 Å². The van der Waals surface area contributed by atoms with Crippen molar-refractivity contribution in [3.05, 3.63) is 35.9 Å². The Morgan fingerprint density at radius 1 is 1.35 bits per heavy atom. The first-order valence-corrected chi connectivity index (χ1v) is 6.29. The molecule has 2 atom stereocenters. The van der Waals surface area contributed by atoms with Gasteiger partial charge >= 0.3 is 0 Å². The molecule has 3 nitrogen and oxygen atoms in total. The fourth-order valence-electron chi connectivity index (χ4n) is 2.30. The zero-order valence-corrected chi connectivity index (χ0v) is 10.3. The van der Waals surface area contributed by atoms with Crippen molar-refractivity contribution in [2.75, 3.05) is 13.2 Å². The molecule has 0 aliphatic carbocycles. The Balaban J connectivity index is 2.19. The number of aliphatic hydroxyl groups is 1. The van der Waals surface area contributed by atoms with Crippen LogP contribution in [0.3, 0.4) is 0 Å². The second-order valence-electron chi connectivity index (χ2n) is 4.36. The van der Waals surface area contributed by atoms with Crippen molar-refractivity contribution in [1.29, 1.82) is 0 Å². The molecular formula is C14H20O3. The van der Waals surface area contributed by atoms with Crippen LogP contribution in [0, 0.1) is 0 Å². The molecule has 1 aromatic carbocycles. The van der Waals surface area contributed by atoms with Gasteiger partial charge in [0.25, 0.3) is 0 Å². The van der Waals surface area contributed by atoms with Crippen molar-refractivity contribution >= 4 is 0 Å². The van der Waals surface area contributed by atoms with Gasteiger partial charge in [0.1, 0.15) is 0 Å². The second-order valence-corrected chi connectivity index (χ2v) is 4.36. The number of rotatable bonds is 4. The van der Waals surface area contributed by atoms with E-state index in [1.807, 2.05) is 30.3 Å². The van der Waals surface area contributed by atoms with E-state index in [4.69, 9.17) is 14.6 Å². The summed E-state index contributed by atoms with van der Waals surface area (Å²) >= 11 is 0. The molecule has 1 aliphatic rings. The molecule has 2 rings (SSSR count). The van der Waals surface area contributed by atoms with Crippen LogP contribution < -0.4 is 0 Å². The highest BCUT2D eigenvalue weighted by molar-refractivity contribution is 5.20. The molecule has 1 N–H and O–H groups in total. The zero-order chi connectivity index (χ0) is 12.1. The first-order valence-electron chi connectivity index (χ1n) is 6.29. The summed E-state index contributed by atoms with van der Waals surface area (Å²) in [5, 5.41) is 9.01. The van der Waals surface area contributed by atoms with Crippen LogP contribution in [0.15, 0.2) is 30.3 Å². The van der Waals surface area contributed by atoms with E-state index >= 15 is 0 Å². The third-order valence-corrected chi connectivity index (χ3v) is 3.26. The number of hydrogen-bond donors (Lipinski definition) is 1. The summed E-state index contributed by atoms with van der Waals surface area (Å²) < 4.78 is 11.9. The van der Waals surface area contributed by atoms with E-state index < -0.39 is 5.79 Å². The van der Waals surface area contributed by atoms with Gasteiger partial charge in [-0.25, -0.2) is 0 Å². The molecular weight excluding hydrogens is 216 g/mol. The minimum absolute atomic E-state index is 0.0916. The van der Waals surface area contributed by atoms with Gasteiger partial charge in [0.05, 0.1) is 12.7 Å². The molecule has 1 fully saturated rings. The number of benzene rings is 1. The Morgan fingerprint density at radius 2 is 2.12 bits per heavy atom. The molecule has 17 heavy (non-hydrogen) atoms. The Labute approximate surface area is 102 Å². The summed E-state index contributed by atoms with van der Waals surface area (Å²) in [6, 6.07) is 10.0. The minimum atomic E-state index is -0.626. The number of ether oxygens (including phenoxy) is 2. The topological polar surface area (TPSA) is 38.7 Å². The van der Waals surface area contributed by atoms with Crippen LogP contribution in [0.4, 0.5) is 0 Å². The van der Waals surface area contributed by atoms with Gasteiger partial charge in [0, 0.05) is 18.6 Å². The number of aliphatic hydroxyl groups excluding tert-OH is 1. The molecule has 3 heteroatoms. The molecule has 0 amide bonds. The van der Waals surface area contributed by atoms with E-state index in [1.54, 1.807) is 0 Å². The van der Waals surface area contributed by atoms with E-state index in [9.17, 15) is 0 Å². The first-order chi connectivity index (χ1) is 8.30. The summed E-state index contributed by atoms with van der Waals surface area (Å²) in [5.41, 5.74) is 1.06. The number of hydrogen-bond acceptors (Lipinski definition) is 3. The summed E-state index contributed by atoms with van der Waals surface area (Å²) in [7, 11) is 0. The van der Waals surface area contributed by atoms with Gasteiger partial charge < -0.3 is 14.6 Å². The Hall–Kier alpha value is -0.900. The lowest BCUT2D eigenvalue weighted by atomic mass is 10.0. The summed E-state index contributed by atoms with van der Waals surface area (Å²) in [4.78, 5) is 0. The SMILES string of the molecule is CC[C@@]1(c2ccccc2)OCC[C@@H](CCO)O1. The molecule has 1 aliphatic heterocycles. The van der Waals surface area contributed by atoms with Crippen LogP contribution in [0.1, 0.15) is 31.7 Å². The summed E-state index contributed by atoms with van der Waals surface area (Å²) in [6.45, 7) is 2.92. The minimum Gasteiger partial charge on any atom is -0.396 e. The van der Waals surface area contributed by atoms with Crippen LogP contribution in [0.5, 0.6) is 0 Å². The maximum absolute atomic E-state index is 9.01. The molecule has 0 aromatic heterocycles. The van der Waals surface area contributed by atoms with Crippen LogP contribution in [-0.4, -0.2) is 24.4 Å². The normalized spacial score (nSPS) is 29.2. The smallest absolute Gasteiger partial charge is 0.194 e. The van der Waals surface area contributed by atoms with Gasteiger partial charge in [-0.05, 0) is 12.8 Å². The fourth-order valence-corrected chi connectivity index (χ4v) is 2.30. The molecule has 0 spiro atoms. The highest BCUT2D eigenvalue weighted by atomic mass is 16.7. The van der Waals surface area contributed by atoms with E-state index in [0.29, 0.717) is 13.0 Å².